The molecule has 0 spiro atoms. The van der Waals surface area contributed by atoms with Crippen LogP contribution in [0.1, 0.15) is 31.9 Å². The lowest BCUT2D eigenvalue weighted by Gasteiger charge is -2.13. The lowest BCUT2D eigenvalue weighted by molar-refractivity contribution is 0.140. The predicted octanol–water partition coefficient (Wildman–Crippen LogP) is 2.51. The van der Waals surface area contributed by atoms with Gasteiger partial charge in [0.1, 0.15) is 5.75 Å². The molecule has 1 aromatic rings. The Morgan fingerprint density at radius 3 is 2.75 bits per heavy atom. The average molecular weight is 223 g/mol. The van der Waals surface area contributed by atoms with E-state index in [9.17, 15) is 0 Å². The summed E-state index contributed by atoms with van der Waals surface area (Å²) < 4.78 is 10.7. The largest absolute Gasteiger partial charge is 0.494 e. The maximum atomic E-state index is 6.07. The van der Waals surface area contributed by atoms with Crippen LogP contribution in [0.25, 0.3) is 0 Å². The van der Waals surface area contributed by atoms with Crippen molar-refractivity contribution in [1.29, 1.82) is 0 Å². The van der Waals surface area contributed by atoms with Gasteiger partial charge < -0.3 is 15.2 Å². The summed E-state index contributed by atoms with van der Waals surface area (Å²) >= 11 is 0. The molecule has 0 aliphatic rings. The van der Waals surface area contributed by atoms with E-state index in [1.165, 1.54) is 0 Å². The fourth-order valence-corrected chi connectivity index (χ4v) is 1.52. The Kier molecular flexibility index (Phi) is 5.90. The minimum absolute atomic E-state index is 0.0203. The van der Waals surface area contributed by atoms with Crippen molar-refractivity contribution in [3.63, 3.8) is 0 Å². The van der Waals surface area contributed by atoms with E-state index in [2.05, 4.69) is 0 Å². The van der Waals surface area contributed by atoms with Gasteiger partial charge in [-0.15, -0.1) is 0 Å². The van der Waals surface area contributed by atoms with E-state index in [1.54, 1.807) is 0 Å². The maximum Gasteiger partial charge on any atom is 0.119 e. The highest BCUT2D eigenvalue weighted by atomic mass is 16.5. The first-order valence-electron chi connectivity index (χ1n) is 5.84. The quantitative estimate of drug-likeness (QED) is 0.722. The molecule has 1 atom stereocenters. The standard InChI is InChI=1S/C13H21NO2/c1-3-15-9-8-13(14)11-6-5-7-12(10-11)16-4-2/h5-7,10,13H,3-4,8-9,14H2,1-2H3. The molecule has 2 N–H and O–H groups in total. The van der Waals surface area contributed by atoms with Gasteiger partial charge in [-0.3, -0.25) is 0 Å². The molecule has 3 nitrogen and oxygen atoms in total. The summed E-state index contributed by atoms with van der Waals surface area (Å²) in [5.74, 6) is 0.881. The van der Waals surface area contributed by atoms with Gasteiger partial charge in [-0.2, -0.15) is 0 Å². The molecular weight excluding hydrogens is 202 g/mol. The third-order valence-electron chi connectivity index (χ3n) is 2.37. The lowest BCUT2D eigenvalue weighted by Crippen LogP contribution is -2.13. The van der Waals surface area contributed by atoms with E-state index in [1.807, 2.05) is 38.1 Å². The minimum Gasteiger partial charge on any atom is -0.494 e. The fraction of sp³-hybridized carbons (Fsp3) is 0.538. The van der Waals surface area contributed by atoms with Gasteiger partial charge in [0, 0.05) is 19.3 Å². The SMILES string of the molecule is CCOCCC(N)c1cccc(OCC)c1. The molecule has 1 aromatic carbocycles. The van der Waals surface area contributed by atoms with Crippen molar-refractivity contribution >= 4 is 0 Å². The molecule has 3 heteroatoms. The normalized spacial score (nSPS) is 12.4. The summed E-state index contributed by atoms with van der Waals surface area (Å²) in [6, 6.07) is 7.97. The number of hydrogen-bond acceptors (Lipinski definition) is 3. The molecule has 0 radical (unpaired) electrons. The highest BCUT2D eigenvalue weighted by Gasteiger charge is 2.06. The van der Waals surface area contributed by atoms with Crippen LogP contribution in [0.5, 0.6) is 5.75 Å². The van der Waals surface area contributed by atoms with E-state index >= 15 is 0 Å². The summed E-state index contributed by atoms with van der Waals surface area (Å²) in [6.07, 6.45) is 0.837. The van der Waals surface area contributed by atoms with Crippen molar-refractivity contribution in [2.75, 3.05) is 19.8 Å². The second kappa shape index (κ2) is 7.25. The van der Waals surface area contributed by atoms with Crippen molar-refractivity contribution in [3.05, 3.63) is 29.8 Å². The van der Waals surface area contributed by atoms with Crippen LogP contribution in [0.4, 0.5) is 0 Å². The van der Waals surface area contributed by atoms with Gasteiger partial charge in [-0.1, -0.05) is 12.1 Å². The fourth-order valence-electron chi connectivity index (χ4n) is 1.52. The Morgan fingerprint density at radius 1 is 1.25 bits per heavy atom. The molecule has 0 amide bonds. The van der Waals surface area contributed by atoms with E-state index < -0.39 is 0 Å². The van der Waals surface area contributed by atoms with E-state index in [4.69, 9.17) is 15.2 Å². The zero-order valence-electron chi connectivity index (χ0n) is 10.1. The molecule has 0 aliphatic heterocycles. The highest BCUT2D eigenvalue weighted by molar-refractivity contribution is 5.30. The summed E-state index contributed by atoms with van der Waals surface area (Å²) in [5.41, 5.74) is 7.17. The van der Waals surface area contributed by atoms with Gasteiger partial charge in [0.05, 0.1) is 6.61 Å². The molecule has 90 valence electrons. The van der Waals surface area contributed by atoms with Crippen LogP contribution in [0.3, 0.4) is 0 Å². The minimum atomic E-state index is 0.0203. The van der Waals surface area contributed by atoms with Gasteiger partial charge in [0.25, 0.3) is 0 Å². The molecule has 0 heterocycles. The van der Waals surface area contributed by atoms with E-state index in [0.717, 1.165) is 24.3 Å². The Hall–Kier alpha value is -1.06. The number of hydrogen-bond donors (Lipinski definition) is 1. The van der Waals surface area contributed by atoms with Crippen LogP contribution in [0.2, 0.25) is 0 Å². The number of benzene rings is 1. The van der Waals surface area contributed by atoms with Crippen LogP contribution in [0.15, 0.2) is 24.3 Å². The number of nitrogens with two attached hydrogens (primary N) is 1. The number of ether oxygens (including phenoxy) is 2. The third-order valence-corrected chi connectivity index (χ3v) is 2.37. The summed E-state index contributed by atoms with van der Waals surface area (Å²) in [4.78, 5) is 0. The van der Waals surface area contributed by atoms with Gasteiger partial charge in [0.15, 0.2) is 0 Å². The van der Waals surface area contributed by atoms with Crippen molar-refractivity contribution in [3.8, 4) is 5.75 Å². The Bertz CT molecular complexity index is 302. The van der Waals surface area contributed by atoms with Crippen LogP contribution < -0.4 is 10.5 Å². The highest BCUT2D eigenvalue weighted by Crippen LogP contribution is 2.19. The lowest BCUT2D eigenvalue weighted by atomic mass is 10.1. The van der Waals surface area contributed by atoms with Crippen LogP contribution in [-0.4, -0.2) is 19.8 Å². The molecule has 16 heavy (non-hydrogen) atoms. The van der Waals surface area contributed by atoms with Gasteiger partial charge >= 0.3 is 0 Å². The predicted molar refractivity (Wildman–Crippen MR) is 65.6 cm³/mol. The second-order valence-electron chi connectivity index (χ2n) is 3.60. The molecule has 0 aliphatic carbocycles. The molecule has 0 saturated carbocycles. The first-order valence-corrected chi connectivity index (χ1v) is 5.84. The molecule has 1 unspecified atom stereocenters. The zero-order valence-corrected chi connectivity index (χ0v) is 10.1. The zero-order chi connectivity index (χ0) is 11.8. The van der Waals surface area contributed by atoms with Crippen molar-refractivity contribution in [2.24, 2.45) is 5.73 Å². The van der Waals surface area contributed by atoms with Crippen molar-refractivity contribution < 1.29 is 9.47 Å². The van der Waals surface area contributed by atoms with Gasteiger partial charge in [-0.05, 0) is 38.0 Å². The van der Waals surface area contributed by atoms with Crippen LogP contribution >= 0.6 is 0 Å². The molecular formula is C13H21NO2. The monoisotopic (exact) mass is 223 g/mol. The van der Waals surface area contributed by atoms with Crippen LogP contribution in [0, 0.1) is 0 Å². The molecule has 0 bridgehead atoms. The van der Waals surface area contributed by atoms with Crippen molar-refractivity contribution in [2.45, 2.75) is 26.3 Å². The molecule has 0 saturated heterocycles. The summed E-state index contributed by atoms with van der Waals surface area (Å²) in [5, 5.41) is 0. The maximum absolute atomic E-state index is 6.07. The first-order chi connectivity index (χ1) is 7.77. The topological polar surface area (TPSA) is 44.5 Å². The average Bonchev–Trinajstić information content (AvgIpc) is 2.30. The van der Waals surface area contributed by atoms with Crippen molar-refractivity contribution in [1.82, 2.24) is 0 Å². The molecule has 0 aromatic heterocycles. The first kappa shape index (κ1) is 13.0. The second-order valence-corrected chi connectivity index (χ2v) is 3.60. The Labute approximate surface area is 97.6 Å². The Morgan fingerprint density at radius 2 is 2.06 bits per heavy atom. The van der Waals surface area contributed by atoms with Gasteiger partial charge in [-0.25, -0.2) is 0 Å². The smallest absolute Gasteiger partial charge is 0.119 e. The summed E-state index contributed by atoms with van der Waals surface area (Å²) in [6.45, 7) is 6.09. The van der Waals surface area contributed by atoms with E-state index in [-0.39, 0.29) is 6.04 Å². The number of rotatable bonds is 7. The molecule has 1 rings (SSSR count). The van der Waals surface area contributed by atoms with E-state index in [0.29, 0.717) is 13.2 Å². The Balaban J connectivity index is 2.53. The van der Waals surface area contributed by atoms with Gasteiger partial charge in [0.2, 0.25) is 0 Å². The summed E-state index contributed by atoms with van der Waals surface area (Å²) in [7, 11) is 0. The van der Waals surface area contributed by atoms with Crippen LogP contribution in [-0.2, 0) is 4.74 Å². The third kappa shape index (κ3) is 4.21. The molecule has 0 fully saturated rings.